The van der Waals surface area contributed by atoms with Crippen LogP contribution in [0, 0.1) is 11.7 Å². The van der Waals surface area contributed by atoms with Gasteiger partial charge in [0, 0.05) is 17.8 Å². The topological polar surface area (TPSA) is 51.9 Å². The zero-order chi connectivity index (χ0) is 10.7. The number of aryl methyl sites for hydroxylation is 1. The number of likely N-dealkylation sites (N-methyl/N-ethyl adjacent to an activating group) is 1. The zero-order valence-corrected chi connectivity index (χ0v) is 9.49. The minimum absolute atomic E-state index is 0.0758. The maximum atomic E-state index is 11.5. The van der Waals surface area contributed by atoms with Crippen LogP contribution in [0.5, 0.6) is 0 Å². The molecule has 0 saturated heterocycles. The van der Waals surface area contributed by atoms with Gasteiger partial charge in [0.05, 0.1) is 0 Å². The van der Waals surface area contributed by atoms with Gasteiger partial charge in [-0.15, -0.1) is 0 Å². The predicted octanol–water partition coefficient (Wildman–Crippen LogP) is 0.845. The van der Waals surface area contributed by atoms with Crippen molar-refractivity contribution in [3.63, 3.8) is 0 Å². The van der Waals surface area contributed by atoms with E-state index in [1.54, 1.807) is 0 Å². The summed E-state index contributed by atoms with van der Waals surface area (Å²) >= 11 is 4.86. The molecule has 0 aliphatic rings. The minimum atomic E-state index is -0.0758. The molecule has 0 aliphatic carbocycles. The van der Waals surface area contributed by atoms with Crippen molar-refractivity contribution in [2.24, 2.45) is 0 Å². The first-order chi connectivity index (χ1) is 6.50. The van der Waals surface area contributed by atoms with Crippen LogP contribution in [0.2, 0.25) is 0 Å². The Balaban J connectivity index is 2.98. The van der Waals surface area contributed by atoms with Crippen LogP contribution in [0.1, 0.15) is 11.3 Å². The van der Waals surface area contributed by atoms with Crippen molar-refractivity contribution in [2.75, 3.05) is 20.6 Å². The number of H-pyrrole nitrogens is 2. The summed E-state index contributed by atoms with van der Waals surface area (Å²) in [5.41, 5.74) is 1.57. The highest BCUT2D eigenvalue weighted by Crippen LogP contribution is 1.98. The van der Waals surface area contributed by atoms with Gasteiger partial charge in [-0.3, -0.25) is 9.78 Å². The molecule has 0 unspecified atom stereocenters. The number of aromatic nitrogens is 2. The Labute approximate surface area is 88.0 Å². The standard InChI is InChI=1S/C9H15N3OS/c1-6-7(4-5-12(2)3)8(13)11-9(14)10-6/h4-5H2,1-3H3,(H2,10,11,13,14). The lowest BCUT2D eigenvalue weighted by atomic mass is 10.2. The molecule has 0 spiro atoms. The molecule has 1 aromatic rings. The summed E-state index contributed by atoms with van der Waals surface area (Å²) in [6.07, 6.45) is 0.736. The molecule has 78 valence electrons. The van der Waals surface area contributed by atoms with Crippen molar-refractivity contribution < 1.29 is 0 Å². The van der Waals surface area contributed by atoms with Crippen LogP contribution >= 0.6 is 12.2 Å². The highest BCUT2D eigenvalue weighted by molar-refractivity contribution is 7.71. The Kier molecular flexibility index (Phi) is 3.60. The van der Waals surface area contributed by atoms with Gasteiger partial charge in [0.15, 0.2) is 4.77 Å². The maximum absolute atomic E-state index is 11.5. The lowest BCUT2D eigenvalue weighted by molar-refractivity contribution is 0.412. The molecular formula is C9H15N3OS. The van der Waals surface area contributed by atoms with Crippen molar-refractivity contribution >= 4 is 12.2 Å². The molecule has 5 heteroatoms. The van der Waals surface area contributed by atoms with Gasteiger partial charge in [-0.1, -0.05) is 0 Å². The number of rotatable bonds is 3. The Hall–Kier alpha value is -0.940. The number of aromatic amines is 2. The molecule has 0 bridgehead atoms. The van der Waals surface area contributed by atoms with E-state index < -0.39 is 0 Å². The van der Waals surface area contributed by atoms with E-state index >= 15 is 0 Å². The average Bonchev–Trinajstić information content (AvgIpc) is 2.01. The second-order valence-corrected chi connectivity index (χ2v) is 3.97. The maximum Gasteiger partial charge on any atom is 0.255 e. The lowest BCUT2D eigenvalue weighted by Gasteiger charge is -2.09. The number of nitrogens with zero attached hydrogens (tertiary/aromatic N) is 1. The van der Waals surface area contributed by atoms with E-state index in [9.17, 15) is 4.79 Å². The molecule has 0 saturated carbocycles. The van der Waals surface area contributed by atoms with Crippen molar-refractivity contribution in [1.29, 1.82) is 0 Å². The summed E-state index contributed by atoms with van der Waals surface area (Å²) in [5, 5.41) is 0. The van der Waals surface area contributed by atoms with Gasteiger partial charge in [-0.25, -0.2) is 0 Å². The van der Waals surface area contributed by atoms with Crippen LogP contribution in [-0.4, -0.2) is 35.5 Å². The van der Waals surface area contributed by atoms with E-state index in [-0.39, 0.29) is 5.56 Å². The lowest BCUT2D eigenvalue weighted by Crippen LogP contribution is -2.22. The van der Waals surface area contributed by atoms with Crippen LogP contribution < -0.4 is 5.56 Å². The molecule has 0 atom stereocenters. The van der Waals surface area contributed by atoms with Gasteiger partial charge in [-0.2, -0.15) is 0 Å². The van der Waals surface area contributed by atoms with E-state index in [1.807, 2.05) is 25.9 Å². The van der Waals surface area contributed by atoms with E-state index in [4.69, 9.17) is 12.2 Å². The fraction of sp³-hybridized carbons (Fsp3) is 0.556. The molecule has 1 aromatic heterocycles. The van der Waals surface area contributed by atoms with Crippen molar-refractivity contribution in [3.05, 3.63) is 26.4 Å². The van der Waals surface area contributed by atoms with Gasteiger partial charge < -0.3 is 9.88 Å². The first kappa shape index (κ1) is 11.1. The van der Waals surface area contributed by atoms with E-state index in [2.05, 4.69) is 9.97 Å². The normalized spacial score (nSPS) is 10.9. The summed E-state index contributed by atoms with van der Waals surface area (Å²) in [7, 11) is 3.96. The Bertz CT molecular complexity index is 419. The molecule has 0 aliphatic heterocycles. The SMILES string of the molecule is Cc1[nH]c(=S)[nH]c(=O)c1CCN(C)C. The third kappa shape index (κ3) is 2.78. The molecule has 4 nitrogen and oxygen atoms in total. The van der Waals surface area contributed by atoms with Crippen molar-refractivity contribution in [3.8, 4) is 0 Å². The highest BCUT2D eigenvalue weighted by atomic mass is 32.1. The first-order valence-electron chi connectivity index (χ1n) is 4.47. The summed E-state index contributed by atoms with van der Waals surface area (Å²) in [6.45, 7) is 2.73. The second kappa shape index (κ2) is 4.52. The predicted molar refractivity (Wildman–Crippen MR) is 59.2 cm³/mol. The van der Waals surface area contributed by atoms with E-state index in [0.717, 1.165) is 24.2 Å². The third-order valence-electron chi connectivity index (χ3n) is 2.06. The van der Waals surface area contributed by atoms with Crippen LogP contribution in [0.25, 0.3) is 0 Å². The van der Waals surface area contributed by atoms with Crippen LogP contribution in [0.4, 0.5) is 0 Å². The number of hydrogen-bond donors (Lipinski definition) is 2. The molecule has 0 fully saturated rings. The average molecular weight is 213 g/mol. The summed E-state index contributed by atoms with van der Waals surface area (Å²) in [5.74, 6) is 0. The van der Waals surface area contributed by atoms with Gasteiger partial charge in [0.2, 0.25) is 0 Å². The third-order valence-corrected chi connectivity index (χ3v) is 2.27. The fourth-order valence-corrected chi connectivity index (χ4v) is 1.51. The highest BCUT2D eigenvalue weighted by Gasteiger charge is 2.04. The van der Waals surface area contributed by atoms with Gasteiger partial charge in [0.25, 0.3) is 5.56 Å². The summed E-state index contributed by atoms with van der Waals surface area (Å²) < 4.78 is 0.390. The zero-order valence-electron chi connectivity index (χ0n) is 8.68. The van der Waals surface area contributed by atoms with Crippen molar-refractivity contribution in [1.82, 2.24) is 14.9 Å². The number of nitrogens with one attached hydrogen (secondary N) is 2. The Morgan fingerprint density at radius 2 is 2.00 bits per heavy atom. The molecule has 1 rings (SSSR count). The molecule has 0 amide bonds. The molecule has 0 radical (unpaired) electrons. The second-order valence-electron chi connectivity index (χ2n) is 3.57. The van der Waals surface area contributed by atoms with E-state index in [0.29, 0.717) is 4.77 Å². The fourth-order valence-electron chi connectivity index (χ4n) is 1.26. The molecule has 1 heterocycles. The number of hydrogen-bond acceptors (Lipinski definition) is 3. The summed E-state index contributed by atoms with van der Waals surface area (Å²) in [6, 6.07) is 0. The van der Waals surface area contributed by atoms with Crippen LogP contribution in [-0.2, 0) is 6.42 Å². The van der Waals surface area contributed by atoms with E-state index in [1.165, 1.54) is 0 Å². The minimum Gasteiger partial charge on any atom is -0.336 e. The molecular weight excluding hydrogens is 198 g/mol. The van der Waals surface area contributed by atoms with Gasteiger partial charge in [0.1, 0.15) is 0 Å². The Morgan fingerprint density at radius 1 is 1.36 bits per heavy atom. The molecule has 2 N–H and O–H groups in total. The molecule has 14 heavy (non-hydrogen) atoms. The van der Waals surface area contributed by atoms with Crippen molar-refractivity contribution in [2.45, 2.75) is 13.3 Å². The van der Waals surface area contributed by atoms with Gasteiger partial charge in [-0.05, 0) is 39.7 Å². The van der Waals surface area contributed by atoms with Crippen LogP contribution in [0.3, 0.4) is 0 Å². The smallest absolute Gasteiger partial charge is 0.255 e. The monoisotopic (exact) mass is 213 g/mol. The van der Waals surface area contributed by atoms with Crippen LogP contribution in [0.15, 0.2) is 4.79 Å². The Morgan fingerprint density at radius 3 is 2.50 bits per heavy atom. The van der Waals surface area contributed by atoms with Gasteiger partial charge >= 0.3 is 0 Å². The summed E-state index contributed by atoms with van der Waals surface area (Å²) in [4.78, 5) is 19.1. The molecule has 0 aromatic carbocycles. The quantitative estimate of drug-likeness (QED) is 0.732. The largest absolute Gasteiger partial charge is 0.336 e. The first-order valence-corrected chi connectivity index (χ1v) is 4.88.